The minimum Gasteiger partial charge on any atom is -0.462 e. The molecule has 0 amide bonds. The number of carbonyl (C=O) groups excluding carboxylic acids is 1. The van der Waals surface area contributed by atoms with Crippen LogP contribution in [0, 0.1) is 11.8 Å². The average molecular weight is 363 g/mol. The van der Waals surface area contributed by atoms with Gasteiger partial charge in [0.15, 0.2) is 0 Å². The van der Waals surface area contributed by atoms with Crippen molar-refractivity contribution < 1.29 is 19.7 Å². The Morgan fingerprint density at radius 1 is 1.23 bits per heavy atom. The monoisotopic (exact) mass is 362 g/mol. The summed E-state index contributed by atoms with van der Waals surface area (Å²) in [5.74, 6) is 0.196. The van der Waals surface area contributed by atoms with Gasteiger partial charge in [0, 0.05) is 18.8 Å². The number of cyclic esters (lactones) is 1. The first-order chi connectivity index (χ1) is 12.6. The minimum absolute atomic E-state index is 0.119. The molecular weight excluding hydrogens is 328 g/mol. The SMILES string of the molecule is CCCCC/C=C\CC(O)/C=C/[C@H](O)[C@@H]1CC1[C@H]1C/C=C\CCC(=O)O1. The topological polar surface area (TPSA) is 66.8 Å². The molecule has 1 aliphatic heterocycles. The molecule has 1 heterocycles. The van der Waals surface area contributed by atoms with Crippen LogP contribution < -0.4 is 0 Å². The highest BCUT2D eigenvalue weighted by molar-refractivity contribution is 5.70. The molecule has 5 atom stereocenters. The number of ether oxygens (including phenoxy) is 1. The third kappa shape index (κ3) is 7.46. The highest BCUT2D eigenvalue weighted by Crippen LogP contribution is 2.46. The normalized spacial score (nSPS) is 30.0. The van der Waals surface area contributed by atoms with Gasteiger partial charge in [0.25, 0.3) is 0 Å². The number of aliphatic hydroxyl groups excluding tert-OH is 2. The molecule has 2 N–H and O–H groups in total. The Morgan fingerprint density at radius 2 is 2.08 bits per heavy atom. The number of unbranched alkanes of at least 4 members (excludes halogenated alkanes) is 3. The molecule has 4 nitrogen and oxygen atoms in total. The highest BCUT2D eigenvalue weighted by atomic mass is 16.5. The predicted octanol–water partition coefficient (Wildman–Crippen LogP) is 4.08. The zero-order valence-electron chi connectivity index (χ0n) is 15.9. The molecule has 2 unspecified atom stereocenters. The Hall–Kier alpha value is -1.39. The van der Waals surface area contributed by atoms with Crippen molar-refractivity contribution in [3.63, 3.8) is 0 Å². The molecule has 26 heavy (non-hydrogen) atoms. The largest absolute Gasteiger partial charge is 0.462 e. The molecule has 0 aromatic rings. The lowest BCUT2D eigenvalue weighted by molar-refractivity contribution is -0.150. The van der Waals surface area contributed by atoms with Crippen molar-refractivity contribution in [2.24, 2.45) is 11.8 Å². The Balaban J connectivity index is 1.70. The lowest BCUT2D eigenvalue weighted by Gasteiger charge is -2.19. The molecule has 0 aromatic heterocycles. The van der Waals surface area contributed by atoms with Crippen LogP contribution in [0.3, 0.4) is 0 Å². The van der Waals surface area contributed by atoms with Gasteiger partial charge in [-0.1, -0.05) is 56.2 Å². The molecule has 1 aliphatic carbocycles. The van der Waals surface area contributed by atoms with Gasteiger partial charge in [-0.3, -0.25) is 4.79 Å². The summed E-state index contributed by atoms with van der Waals surface area (Å²) < 4.78 is 5.53. The first-order valence-electron chi connectivity index (χ1n) is 10.2. The zero-order chi connectivity index (χ0) is 18.8. The fourth-order valence-electron chi connectivity index (χ4n) is 3.47. The summed E-state index contributed by atoms with van der Waals surface area (Å²) in [6.07, 6.45) is 18.4. The lowest BCUT2D eigenvalue weighted by Crippen LogP contribution is -2.23. The average Bonchev–Trinajstić information content (AvgIpc) is 3.39. The van der Waals surface area contributed by atoms with Gasteiger partial charge in [0.05, 0.1) is 12.2 Å². The van der Waals surface area contributed by atoms with E-state index in [0.717, 1.165) is 25.7 Å². The van der Waals surface area contributed by atoms with Crippen molar-refractivity contribution in [1.82, 2.24) is 0 Å². The summed E-state index contributed by atoms with van der Waals surface area (Å²) in [5, 5.41) is 20.3. The summed E-state index contributed by atoms with van der Waals surface area (Å²) in [4.78, 5) is 11.7. The molecular formula is C22H34O4. The molecule has 1 saturated carbocycles. The van der Waals surface area contributed by atoms with Crippen LogP contribution in [0.2, 0.25) is 0 Å². The Morgan fingerprint density at radius 3 is 2.88 bits per heavy atom. The zero-order valence-corrected chi connectivity index (χ0v) is 15.9. The molecule has 4 heteroatoms. The predicted molar refractivity (Wildman–Crippen MR) is 104 cm³/mol. The lowest BCUT2D eigenvalue weighted by atomic mass is 10.0. The molecule has 0 radical (unpaired) electrons. The van der Waals surface area contributed by atoms with E-state index in [1.807, 2.05) is 12.2 Å². The van der Waals surface area contributed by atoms with E-state index in [1.54, 1.807) is 12.2 Å². The van der Waals surface area contributed by atoms with Crippen LogP contribution in [0.5, 0.6) is 0 Å². The smallest absolute Gasteiger partial charge is 0.306 e. The second kappa shape index (κ2) is 11.3. The number of aliphatic hydroxyl groups is 2. The van der Waals surface area contributed by atoms with Crippen LogP contribution in [0.25, 0.3) is 0 Å². The first kappa shape index (κ1) is 20.9. The maximum absolute atomic E-state index is 11.7. The van der Waals surface area contributed by atoms with Crippen LogP contribution in [0.15, 0.2) is 36.5 Å². The van der Waals surface area contributed by atoms with Crippen molar-refractivity contribution in [3.8, 4) is 0 Å². The standard InChI is InChI=1S/C22H34O4/c1-2-3-4-5-6-8-11-17(23)14-15-20(24)18-16-19(18)21-12-9-7-10-13-22(25)26-21/h6-9,14-15,17-21,23-24H,2-5,10-13,16H2,1H3/b8-6-,9-7-,15-14+/t17?,18-,19?,20+,21-/m1/s1. The fraction of sp³-hybridized carbons (Fsp3) is 0.682. The summed E-state index contributed by atoms with van der Waals surface area (Å²) in [7, 11) is 0. The van der Waals surface area contributed by atoms with E-state index in [0.29, 0.717) is 12.8 Å². The molecule has 2 aliphatic rings. The van der Waals surface area contributed by atoms with Gasteiger partial charge in [0.1, 0.15) is 6.10 Å². The van der Waals surface area contributed by atoms with Crippen molar-refractivity contribution >= 4 is 5.97 Å². The van der Waals surface area contributed by atoms with Gasteiger partial charge in [-0.25, -0.2) is 0 Å². The maximum Gasteiger partial charge on any atom is 0.306 e. The van der Waals surface area contributed by atoms with E-state index in [1.165, 1.54) is 19.3 Å². The first-order valence-corrected chi connectivity index (χ1v) is 10.2. The third-order valence-corrected chi connectivity index (χ3v) is 5.19. The Bertz CT molecular complexity index is 508. The number of hydrogen-bond donors (Lipinski definition) is 2. The maximum atomic E-state index is 11.7. The van der Waals surface area contributed by atoms with Crippen molar-refractivity contribution in [2.75, 3.05) is 0 Å². The number of carbonyl (C=O) groups is 1. The van der Waals surface area contributed by atoms with Crippen molar-refractivity contribution in [1.29, 1.82) is 0 Å². The molecule has 2 rings (SSSR count). The van der Waals surface area contributed by atoms with E-state index < -0.39 is 12.2 Å². The molecule has 0 bridgehead atoms. The van der Waals surface area contributed by atoms with E-state index in [9.17, 15) is 15.0 Å². The van der Waals surface area contributed by atoms with E-state index in [-0.39, 0.29) is 23.9 Å². The Kier molecular flexibility index (Phi) is 9.13. The van der Waals surface area contributed by atoms with Gasteiger partial charge in [-0.05, 0) is 38.0 Å². The number of hydrogen-bond acceptors (Lipinski definition) is 4. The van der Waals surface area contributed by atoms with Crippen molar-refractivity contribution in [2.45, 2.75) is 83.0 Å². The van der Waals surface area contributed by atoms with Crippen LogP contribution in [0.1, 0.15) is 64.7 Å². The summed E-state index contributed by atoms with van der Waals surface area (Å²) in [5.41, 5.74) is 0. The van der Waals surface area contributed by atoms with E-state index >= 15 is 0 Å². The number of rotatable bonds is 10. The van der Waals surface area contributed by atoms with Gasteiger partial charge in [-0.2, -0.15) is 0 Å². The van der Waals surface area contributed by atoms with E-state index in [4.69, 9.17) is 4.74 Å². The Labute approximate surface area is 157 Å². The summed E-state index contributed by atoms with van der Waals surface area (Å²) in [6.45, 7) is 2.19. The molecule has 1 fully saturated rings. The van der Waals surface area contributed by atoms with Gasteiger partial charge in [-0.15, -0.1) is 0 Å². The quantitative estimate of drug-likeness (QED) is 0.349. The van der Waals surface area contributed by atoms with Crippen molar-refractivity contribution in [3.05, 3.63) is 36.5 Å². The molecule has 146 valence electrons. The van der Waals surface area contributed by atoms with E-state index in [2.05, 4.69) is 19.1 Å². The molecule has 0 saturated heterocycles. The molecule has 0 aromatic carbocycles. The van der Waals surface area contributed by atoms with Crippen LogP contribution in [-0.2, 0) is 9.53 Å². The van der Waals surface area contributed by atoms with Crippen LogP contribution in [0.4, 0.5) is 0 Å². The van der Waals surface area contributed by atoms with Gasteiger partial charge >= 0.3 is 5.97 Å². The number of allylic oxidation sites excluding steroid dienone is 2. The summed E-state index contributed by atoms with van der Waals surface area (Å²) in [6, 6.07) is 0. The second-order valence-electron chi connectivity index (χ2n) is 7.48. The second-order valence-corrected chi connectivity index (χ2v) is 7.48. The van der Waals surface area contributed by atoms with Gasteiger partial charge in [0.2, 0.25) is 0 Å². The fourth-order valence-corrected chi connectivity index (χ4v) is 3.47. The summed E-state index contributed by atoms with van der Waals surface area (Å²) >= 11 is 0. The molecule has 0 spiro atoms. The highest BCUT2D eigenvalue weighted by Gasteiger charge is 2.47. The van der Waals surface area contributed by atoms with Crippen LogP contribution >= 0.6 is 0 Å². The number of esters is 1. The third-order valence-electron chi connectivity index (χ3n) is 5.19. The minimum atomic E-state index is -0.587. The van der Waals surface area contributed by atoms with Gasteiger partial charge < -0.3 is 14.9 Å². The van der Waals surface area contributed by atoms with Crippen LogP contribution in [-0.4, -0.2) is 34.5 Å².